The summed E-state index contributed by atoms with van der Waals surface area (Å²) in [6.45, 7) is 1.77. The minimum atomic E-state index is 0.380. The van der Waals surface area contributed by atoms with Crippen LogP contribution in [0, 0.1) is 11.8 Å². The van der Waals surface area contributed by atoms with Crippen molar-refractivity contribution in [2.24, 2.45) is 5.18 Å². The molecular weight excluding hydrogens is 154 g/mol. The lowest BCUT2D eigenvalue weighted by Crippen LogP contribution is -1.80. The van der Waals surface area contributed by atoms with Crippen LogP contribution in [0.2, 0.25) is 0 Å². The molecule has 0 unspecified atom stereocenters. The highest BCUT2D eigenvalue weighted by Gasteiger charge is 2.06. The molecule has 0 aromatic carbocycles. The Kier molecular flexibility index (Phi) is 1.40. The fourth-order valence-corrected chi connectivity index (χ4v) is 1.21. The van der Waals surface area contributed by atoms with Crippen LogP contribution < -0.4 is 0 Å². The molecule has 0 aliphatic carbocycles. The summed E-state index contributed by atoms with van der Waals surface area (Å²) in [5, 5.41) is 2.91. The predicted molar refractivity (Wildman–Crippen MR) is 45.4 cm³/mol. The van der Waals surface area contributed by atoms with Crippen LogP contribution in [0.25, 0.3) is 5.65 Å². The van der Waals surface area contributed by atoms with E-state index in [1.807, 2.05) is 18.2 Å². The molecule has 4 nitrogen and oxygen atoms in total. The van der Waals surface area contributed by atoms with Crippen molar-refractivity contribution in [3.8, 4) is 0 Å². The van der Waals surface area contributed by atoms with Crippen LogP contribution >= 0.6 is 0 Å². The molecule has 0 radical (unpaired) electrons. The summed E-state index contributed by atoms with van der Waals surface area (Å²) in [5.41, 5.74) is 1.42. The first kappa shape index (κ1) is 6.97. The van der Waals surface area contributed by atoms with Gasteiger partial charge in [0.15, 0.2) is 0 Å². The topological polar surface area (TPSA) is 46.7 Å². The van der Waals surface area contributed by atoms with E-state index in [-0.39, 0.29) is 0 Å². The van der Waals surface area contributed by atoms with Gasteiger partial charge in [-0.15, -0.1) is 4.91 Å². The highest BCUT2D eigenvalue weighted by atomic mass is 16.3. The van der Waals surface area contributed by atoms with Gasteiger partial charge in [-0.1, -0.05) is 6.07 Å². The summed E-state index contributed by atoms with van der Waals surface area (Å²) < 4.78 is 1.67. The van der Waals surface area contributed by atoms with E-state index in [2.05, 4.69) is 10.2 Å². The van der Waals surface area contributed by atoms with E-state index in [4.69, 9.17) is 0 Å². The predicted octanol–water partition coefficient (Wildman–Crippen LogP) is 2.04. The number of imidazole rings is 1. The molecule has 0 fully saturated rings. The number of pyridine rings is 1. The molecule has 0 amide bonds. The fraction of sp³-hybridized carbons (Fsp3) is 0.125. The molecule has 0 N–H and O–H groups in total. The van der Waals surface area contributed by atoms with Gasteiger partial charge in [0.1, 0.15) is 5.65 Å². The number of aromatic nitrogens is 2. The van der Waals surface area contributed by atoms with Gasteiger partial charge >= 0.3 is 0 Å². The zero-order chi connectivity index (χ0) is 8.55. The largest absolute Gasteiger partial charge is 0.282 e. The Balaban J connectivity index is 2.90. The zero-order valence-corrected chi connectivity index (χ0v) is 6.56. The van der Waals surface area contributed by atoms with Crippen molar-refractivity contribution in [3.63, 3.8) is 0 Å². The summed E-state index contributed by atoms with van der Waals surface area (Å²) in [6, 6.07) is 5.54. The Morgan fingerprint density at radius 2 is 2.33 bits per heavy atom. The minimum Gasteiger partial charge on any atom is -0.282 e. The van der Waals surface area contributed by atoms with Crippen LogP contribution in [0.15, 0.2) is 29.6 Å². The van der Waals surface area contributed by atoms with Crippen LogP contribution in [0.5, 0.6) is 0 Å². The van der Waals surface area contributed by atoms with Crippen molar-refractivity contribution in [1.82, 2.24) is 9.38 Å². The van der Waals surface area contributed by atoms with Crippen LogP contribution in [0.1, 0.15) is 5.69 Å². The first-order valence-corrected chi connectivity index (χ1v) is 3.60. The molecule has 0 bridgehead atoms. The summed E-state index contributed by atoms with van der Waals surface area (Å²) >= 11 is 0. The van der Waals surface area contributed by atoms with Crippen molar-refractivity contribution in [3.05, 3.63) is 35.0 Å². The third kappa shape index (κ3) is 0.812. The van der Waals surface area contributed by atoms with Gasteiger partial charge in [0.05, 0.1) is 5.69 Å². The van der Waals surface area contributed by atoms with E-state index in [0.717, 1.165) is 5.65 Å². The molecule has 2 aromatic rings. The molecule has 60 valence electrons. The SMILES string of the molecule is Cc1nc2ccccn2c1N=O. The Morgan fingerprint density at radius 1 is 1.50 bits per heavy atom. The van der Waals surface area contributed by atoms with E-state index in [1.54, 1.807) is 17.5 Å². The molecule has 12 heavy (non-hydrogen) atoms. The van der Waals surface area contributed by atoms with Crippen molar-refractivity contribution >= 4 is 11.5 Å². The van der Waals surface area contributed by atoms with E-state index in [1.165, 1.54) is 0 Å². The third-order valence-electron chi connectivity index (χ3n) is 1.76. The Morgan fingerprint density at radius 3 is 3.08 bits per heavy atom. The molecule has 0 saturated carbocycles. The fourth-order valence-electron chi connectivity index (χ4n) is 1.21. The van der Waals surface area contributed by atoms with E-state index in [0.29, 0.717) is 11.5 Å². The lowest BCUT2D eigenvalue weighted by Gasteiger charge is -1.90. The number of nitrogens with zero attached hydrogens (tertiary/aromatic N) is 3. The standard InChI is InChI=1S/C8H7N3O/c1-6-8(10-12)11-5-3-2-4-7(11)9-6/h2-5H,1H3. The highest BCUT2D eigenvalue weighted by Crippen LogP contribution is 2.19. The Hall–Kier alpha value is -1.71. The molecule has 4 heteroatoms. The first-order valence-electron chi connectivity index (χ1n) is 3.60. The van der Waals surface area contributed by atoms with Gasteiger partial charge in [-0.05, 0) is 24.2 Å². The first-order chi connectivity index (χ1) is 5.83. The average Bonchev–Trinajstić information content (AvgIpc) is 2.40. The lowest BCUT2D eigenvalue weighted by atomic mass is 10.5. The molecule has 2 rings (SSSR count). The summed E-state index contributed by atoms with van der Waals surface area (Å²) in [4.78, 5) is 14.5. The van der Waals surface area contributed by atoms with Crippen molar-refractivity contribution < 1.29 is 0 Å². The van der Waals surface area contributed by atoms with Crippen LogP contribution in [-0.2, 0) is 0 Å². The highest BCUT2D eigenvalue weighted by molar-refractivity contribution is 5.51. The Labute approximate surface area is 68.8 Å². The molecule has 2 aromatic heterocycles. The maximum atomic E-state index is 10.4. The van der Waals surface area contributed by atoms with E-state index >= 15 is 0 Å². The normalized spacial score (nSPS) is 10.4. The molecule has 0 aliphatic heterocycles. The molecule has 0 aliphatic rings. The molecule has 0 atom stereocenters. The second-order valence-corrected chi connectivity index (χ2v) is 2.54. The van der Waals surface area contributed by atoms with E-state index in [9.17, 15) is 4.91 Å². The summed E-state index contributed by atoms with van der Waals surface area (Å²) in [7, 11) is 0. The quantitative estimate of drug-likeness (QED) is 0.601. The van der Waals surface area contributed by atoms with Crippen LogP contribution in [0.3, 0.4) is 0 Å². The summed E-state index contributed by atoms with van der Waals surface area (Å²) in [6.07, 6.45) is 1.77. The van der Waals surface area contributed by atoms with Crippen molar-refractivity contribution in [1.29, 1.82) is 0 Å². The second-order valence-electron chi connectivity index (χ2n) is 2.54. The van der Waals surface area contributed by atoms with E-state index < -0.39 is 0 Å². The molecule has 0 spiro atoms. The Bertz CT molecular complexity index is 433. The second kappa shape index (κ2) is 2.41. The van der Waals surface area contributed by atoms with Gasteiger partial charge in [-0.25, -0.2) is 4.98 Å². The maximum absolute atomic E-state index is 10.4. The van der Waals surface area contributed by atoms with Gasteiger partial charge in [0.2, 0.25) is 5.82 Å². The molecule has 0 saturated heterocycles. The maximum Gasteiger partial charge on any atom is 0.204 e. The van der Waals surface area contributed by atoms with Gasteiger partial charge < -0.3 is 0 Å². The number of nitroso groups, excluding NO2 is 1. The number of hydrogen-bond acceptors (Lipinski definition) is 3. The van der Waals surface area contributed by atoms with Gasteiger partial charge in [0.25, 0.3) is 0 Å². The van der Waals surface area contributed by atoms with Gasteiger partial charge in [-0.2, -0.15) is 0 Å². The van der Waals surface area contributed by atoms with Gasteiger partial charge in [0, 0.05) is 6.20 Å². The third-order valence-corrected chi connectivity index (χ3v) is 1.76. The van der Waals surface area contributed by atoms with Crippen LogP contribution in [-0.4, -0.2) is 9.38 Å². The number of aryl methyl sites for hydroxylation is 1. The average molecular weight is 161 g/mol. The molecule has 2 heterocycles. The number of fused-ring (bicyclic) bond motifs is 1. The van der Waals surface area contributed by atoms with Crippen molar-refractivity contribution in [2.45, 2.75) is 6.92 Å². The minimum absolute atomic E-state index is 0.380. The van der Waals surface area contributed by atoms with Crippen LogP contribution in [0.4, 0.5) is 5.82 Å². The smallest absolute Gasteiger partial charge is 0.204 e. The summed E-state index contributed by atoms with van der Waals surface area (Å²) in [5.74, 6) is 0.380. The number of hydrogen-bond donors (Lipinski definition) is 0. The monoisotopic (exact) mass is 161 g/mol. The number of rotatable bonds is 1. The lowest BCUT2D eigenvalue weighted by molar-refractivity contribution is 1.15. The molecular formula is C8H7N3O. The van der Waals surface area contributed by atoms with Gasteiger partial charge in [-0.3, -0.25) is 4.40 Å². The van der Waals surface area contributed by atoms with Crippen molar-refractivity contribution in [2.75, 3.05) is 0 Å². The zero-order valence-electron chi connectivity index (χ0n) is 6.56.